The van der Waals surface area contributed by atoms with Gasteiger partial charge in [0.1, 0.15) is 17.3 Å². The molecule has 1 fully saturated rings. The highest BCUT2D eigenvalue weighted by Gasteiger charge is 2.45. The average molecular weight is 409 g/mol. The van der Waals surface area contributed by atoms with Crippen LogP contribution in [0.4, 0.5) is 0 Å². The SMILES string of the molecule is CCCOc1ccc(/C(O)=C2/C(=O)C(=O)N(CCC)C2c2ccc(O)cc2)cc1C. The second kappa shape index (κ2) is 9.03. The van der Waals surface area contributed by atoms with Crippen LogP contribution in [0.1, 0.15) is 49.4 Å². The molecule has 0 saturated carbocycles. The number of carbonyl (C=O) groups is 2. The Morgan fingerprint density at radius 2 is 1.77 bits per heavy atom. The average Bonchev–Trinajstić information content (AvgIpc) is 2.98. The third kappa shape index (κ3) is 4.03. The molecule has 3 rings (SSSR count). The van der Waals surface area contributed by atoms with E-state index < -0.39 is 17.7 Å². The third-order valence-corrected chi connectivity index (χ3v) is 5.12. The zero-order chi connectivity index (χ0) is 21.8. The fraction of sp³-hybridized carbons (Fsp3) is 0.333. The van der Waals surface area contributed by atoms with E-state index in [2.05, 4.69) is 0 Å². The quantitative estimate of drug-likeness (QED) is 0.404. The minimum atomic E-state index is -0.707. The molecule has 1 aliphatic heterocycles. The Hall–Kier alpha value is -3.28. The van der Waals surface area contributed by atoms with Crippen molar-refractivity contribution in [2.75, 3.05) is 13.2 Å². The Balaban J connectivity index is 2.10. The van der Waals surface area contributed by atoms with Gasteiger partial charge in [-0.15, -0.1) is 0 Å². The lowest BCUT2D eigenvalue weighted by Crippen LogP contribution is -2.30. The largest absolute Gasteiger partial charge is 0.508 e. The van der Waals surface area contributed by atoms with E-state index in [1.807, 2.05) is 20.8 Å². The molecule has 2 aromatic rings. The van der Waals surface area contributed by atoms with Crippen LogP contribution in [0.2, 0.25) is 0 Å². The zero-order valence-corrected chi connectivity index (χ0v) is 17.5. The number of phenols is 1. The summed E-state index contributed by atoms with van der Waals surface area (Å²) in [5.74, 6) is -0.742. The summed E-state index contributed by atoms with van der Waals surface area (Å²) in [6, 6.07) is 10.8. The Kier molecular flexibility index (Phi) is 6.45. The molecule has 0 spiro atoms. The minimum Gasteiger partial charge on any atom is -0.508 e. The van der Waals surface area contributed by atoms with Gasteiger partial charge in [0.15, 0.2) is 0 Å². The standard InChI is InChI=1S/C24H27NO5/c1-4-12-25-21(16-6-9-18(26)10-7-16)20(23(28)24(25)29)22(27)17-8-11-19(15(3)14-17)30-13-5-2/h6-11,14,21,26-27H,4-5,12-13H2,1-3H3/b22-20-. The molecule has 30 heavy (non-hydrogen) atoms. The van der Waals surface area contributed by atoms with Gasteiger partial charge in [-0.05, 0) is 61.2 Å². The molecule has 2 aromatic carbocycles. The molecule has 1 heterocycles. The molecule has 1 aliphatic rings. The van der Waals surface area contributed by atoms with Crippen molar-refractivity contribution in [1.29, 1.82) is 0 Å². The first-order valence-corrected chi connectivity index (χ1v) is 10.2. The second-order valence-corrected chi connectivity index (χ2v) is 7.41. The van der Waals surface area contributed by atoms with E-state index in [4.69, 9.17) is 4.74 Å². The summed E-state index contributed by atoms with van der Waals surface area (Å²) in [6.07, 6.45) is 1.55. The molecule has 0 radical (unpaired) electrons. The number of aliphatic hydroxyl groups excluding tert-OH is 1. The number of likely N-dealkylation sites (tertiary alicyclic amines) is 1. The van der Waals surface area contributed by atoms with Crippen LogP contribution in [0, 0.1) is 6.92 Å². The number of aromatic hydroxyl groups is 1. The predicted molar refractivity (Wildman–Crippen MR) is 114 cm³/mol. The van der Waals surface area contributed by atoms with Crippen molar-refractivity contribution >= 4 is 17.4 Å². The van der Waals surface area contributed by atoms with Crippen LogP contribution >= 0.6 is 0 Å². The topological polar surface area (TPSA) is 87.1 Å². The molecule has 1 saturated heterocycles. The summed E-state index contributed by atoms with van der Waals surface area (Å²) in [6.45, 7) is 6.79. The van der Waals surface area contributed by atoms with E-state index in [1.54, 1.807) is 30.3 Å². The van der Waals surface area contributed by atoms with Crippen molar-refractivity contribution in [2.24, 2.45) is 0 Å². The number of carbonyl (C=O) groups excluding carboxylic acids is 2. The Morgan fingerprint density at radius 3 is 2.37 bits per heavy atom. The van der Waals surface area contributed by atoms with Crippen LogP contribution in [0.3, 0.4) is 0 Å². The smallest absolute Gasteiger partial charge is 0.295 e. The maximum Gasteiger partial charge on any atom is 0.295 e. The number of Topliss-reactive ketones (excluding diaryl/α,β-unsaturated/α-hetero) is 1. The molecule has 6 nitrogen and oxygen atoms in total. The minimum absolute atomic E-state index is 0.0563. The van der Waals surface area contributed by atoms with E-state index >= 15 is 0 Å². The van der Waals surface area contributed by atoms with Crippen molar-refractivity contribution in [3.8, 4) is 11.5 Å². The van der Waals surface area contributed by atoms with Crippen LogP contribution in [0.15, 0.2) is 48.0 Å². The fourth-order valence-electron chi connectivity index (χ4n) is 3.68. The molecule has 1 amide bonds. The predicted octanol–water partition coefficient (Wildman–Crippen LogP) is 4.32. The maximum absolute atomic E-state index is 12.9. The van der Waals surface area contributed by atoms with Crippen LogP contribution in [-0.4, -0.2) is 40.0 Å². The molecular weight excluding hydrogens is 382 g/mol. The molecule has 158 valence electrons. The first-order valence-electron chi connectivity index (χ1n) is 10.2. The van der Waals surface area contributed by atoms with Crippen molar-refractivity contribution in [1.82, 2.24) is 4.90 Å². The number of phenolic OH excluding ortho intramolecular Hbond substituents is 1. The Morgan fingerprint density at radius 1 is 1.07 bits per heavy atom. The van der Waals surface area contributed by atoms with Gasteiger partial charge in [0.25, 0.3) is 11.7 Å². The summed E-state index contributed by atoms with van der Waals surface area (Å²) in [5.41, 5.74) is 1.99. The Labute approximate surface area is 176 Å². The van der Waals surface area contributed by atoms with E-state index in [1.165, 1.54) is 17.0 Å². The van der Waals surface area contributed by atoms with E-state index in [0.29, 0.717) is 30.7 Å². The molecule has 0 aliphatic carbocycles. The van der Waals surface area contributed by atoms with Crippen molar-refractivity contribution in [2.45, 2.75) is 39.7 Å². The van der Waals surface area contributed by atoms with Gasteiger partial charge >= 0.3 is 0 Å². The molecule has 2 N–H and O–H groups in total. The number of rotatable bonds is 7. The number of aliphatic hydroxyl groups is 1. The Bertz CT molecular complexity index is 978. The first kappa shape index (κ1) is 21.4. The normalized spacial score (nSPS) is 18.1. The first-order chi connectivity index (χ1) is 14.4. The zero-order valence-electron chi connectivity index (χ0n) is 17.5. The van der Waals surface area contributed by atoms with Gasteiger partial charge in [0.05, 0.1) is 18.2 Å². The number of benzene rings is 2. The van der Waals surface area contributed by atoms with E-state index in [-0.39, 0.29) is 17.1 Å². The summed E-state index contributed by atoms with van der Waals surface area (Å²) in [4.78, 5) is 27.0. The van der Waals surface area contributed by atoms with E-state index in [0.717, 1.165) is 17.7 Å². The molecule has 1 atom stereocenters. The highest BCUT2D eigenvalue weighted by molar-refractivity contribution is 6.46. The lowest BCUT2D eigenvalue weighted by Gasteiger charge is -2.25. The fourth-order valence-corrected chi connectivity index (χ4v) is 3.68. The summed E-state index contributed by atoms with van der Waals surface area (Å²) < 4.78 is 5.68. The number of nitrogens with zero attached hydrogens (tertiary/aromatic N) is 1. The van der Waals surface area contributed by atoms with Crippen LogP contribution < -0.4 is 4.74 Å². The maximum atomic E-state index is 12.9. The number of hydrogen-bond acceptors (Lipinski definition) is 5. The number of ketones is 1. The van der Waals surface area contributed by atoms with Crippen LogP contribution in [0.25, 0.3) is 5.76 Å². The van der Waals surface area contributed by atoms with Crippen LogP contribution in [0.5, 0.6) is 11.5 Å². The van der Waals surface area contributed by atoms with Crippen molar-refractivity contribution in [3.63, 3.8) is 0 Å². The molecule has 1 unspecified atom stereocenters. The lowest BCUT2D eigenvalue weighted by atomic mass is 9.94. The monoisotopic (exact) mass is 409 g/mol. The third-order valence-electron chi connectivity index (χ3n) is 5.12. The van der Waals surface area contributed by atoms with Gasteiger partial charge in [-0.2, -0.15) is 0 Å². The highest BCUT2D eigenvalue weighted by atomic mass is 16.5. The number of aryl methyl sites for hydroxylation is 1. The number of hydrogen-bond donors (Lipinski definition) is 2. The van der Waals surface area contributed by atoms with Crippen molar-refractivity contribution in [3.05, 3.63) is 64.7 Å². The summed E-state index contributed by atoms with van der Waals surface area (Å²) >= 11 is 0. The van der Waals surface area contributed by atoms with Crippen molar-refractivity contribution < 1.29 is 24.5 Å². The molecule has 0 aromatic heterocycles. The summed E-state index contributed by atoms with van der Waals surface area (Å²) in [5, 5.41) is 20.7. The number of ether oxygens (including phenoxy) is 1. The lowest BCUT2D eigenvalue weighted by molar-refractivity contribution is -0.139. The highest BCUT2D eigenvalue weighted by Crippen LogP contribution is 2.40. The molecule has 6 heteroatoms. The molecular formula is C24H27NO5. The van der Waals surface area contributed by atoms with Gasteiger partial charge in [-0.3, -0.25) is 9.59 Å². The van der Waals surface area contributed by atoms with Gasteiger partial charge in [-0.25, -0.2) is 0 Å². The number of amides is 1. The van der Waals surface area contributed by atoms with E-state index in [9.17, 15) is 19.8 Å². The van der Waals surface area contributed by atoms with Gasteiger partial charge in [0, 0.05) is 12.1 Å². The summed E-state index contributed by atoms with van der Waals surface area (Å²) in [7, 11) is 0. The van der Waals surface area contributed by atoms with Gasteiger partial charge in [0.2, 0.25) is 0 Å². The second-order valence-electron chi connectivity index (χ2n) is 7.41. The van der Waals surface area contributed by atoms with Crippen LogP contribution in [-0.2, 0) is 9.59 Å². The van der Waals surface area contributed by atoms with Gasteiger partial charge < -0.3 is 19.8 Å². The molecule has 0 bridgehead atoms. The van der Waals surface area contributed by atoms with Gasteiger partial charge in [-0.1, -0.05) is 26.0 Å².